The predicted octanol–water partition coefficient (Wildman–Crippen LogP) is 1.24. The van der Waals surface area contributed by atoms with Gasteiger partial charge in [-0.05, 0) is 12.5 Å². The Hall–Kier alpha value is -0.910. The lowest BCUT2D eigenvalue weighted by atomic mass is 10.1. The van der Waals surface area contributed by atoms with E-state index in [0.29, 0.717) is 0 Å². The van der Waals surface area contributed by atoms with Gasteiger partial charge in [-0.1, -0.05) is 36.8 Å². The second-order valence-corrected chi connectivity index (χ2v) is 7.72. The van der Waals surface area contributed by atoms with E-state index in [-0.39, 0.29) is 18.3 Å². The highest BCUT2D eigenvalue weighted by Crippen LogP contribution is 2.54. The molecule has 0 spiro atoms. The first kappa shape index (κ1) is 14.5. The highest BCUT2D eigenvalue weighted by molar-refractivity contribution is 7.92. The Kier molecular flexibility index (Phi) is 3.73. The second kappa shape index (κ2) is 4.89. The fourth-order valence-electron chi connectivity index (χ4n) is 2.82. The number of sulfone groups is 1. The molecule has 106 valence electrons. The fraction of sp³-hybridized carbons (Fsp3) is 0.571. The van der Waals surface area contributed by atoms with Crippen molar-refractivity contribution in [2.45, 2.75) is 30.6 Å². The molecule has 0 amide bonds. The van der Waals surface area contributed by atoms with Crippen LogP contribution in [0.25, 0.3) is 0 Å². The summed E-state index contributed by atoms with van der Waals surface area (Å²) >= 11 is 0. The molecule has 2 N–H and O–H groups in total. The summed E-state index contributed by atoms with van der Waals surface area (Å²) in [7, 11) is -1.62. The number of rotatable bonds is 5. The van der Waals surface area contributed by atoms with E-state index in [9.17, 15) is 8.42 Å². The van der Waals surface area contributed by atoms with Gasteiger partial charge >= 0.3 is 0 Å². The van der Waals surface area contributed by atoms with Gasteiger partial charge in [-0.15, -0.1) is 0 Å². The largest absolute Gasteiger partial charge is 0.383 e. The van der Waals surface area contributed by atoms with Gasteiger partial charge in [-0.3, -0.25) is 0 Å². The molecule has 2 rings (SSSR count). The van der Waals surface area contributed by atoms with Crippen LogP contribution in [-0.4, -0.2) is 38.7 Å². The molecule has 0 aliphatic heterocycles. The molecule has 1 aliphatic rings. The lowest BCUT2D eigenvalue weighted by Crippen LogP contribution is -2.36. The van der Waals surface area contributed by atoms with Gasteiger partial charge in [0.05, 0.1) is 17.4 Å². The molecule has 0 unspecified atom stereocenters. The summed E-state index contributed by atoms with van der Waals surface area (Å²) in [6, 6.07) is 7.89. The summed E-state index contributed by atoms with van der Waals surface area (Å²) in [5.41, 5.74) is 7.61. The highest BCUT2D eigenvalue weighted by atomic mass is 32.2. The van der Waals surface area contributed by atoms with E-state index < -0.39 is 20.6 Å². The summed E-state index contributed by atoms with van der Waals surface area (Å²) in [6.45, 7) is 3.92. The maximum atomic E-state index is 12.2. The molecular weight excluding hydrogens is 262 g/mol. The first-order chi connectivity index (χ1) is 8.86. The zero-order chi connectivity index (χ0) is 14.3. The molecule has 1 saturated carbocycles. The average Bonchev–Trinajstić information content (AvgIpc) is 2.97. The highest BCUT2D eigenvalue weighted by Gasteiger charge is 2.68. The van der Waals surface area contributed by atoms with Crippen LogP contribution in [0.15, 0.2) is 24.3 Å². The molecule has 1 aromatic rings. The third-order valence-electron chi connectivity index (χ3n) is 3.92. The van der Waals surface area contributed by atoms with Crippen molar-refractivity contribution in [3.8, 4) is 0 Å². The number of nitrogens with two attached hydrogens (primary N) is 1. The van der Waals surface area contributed by atoms with E-state index in [1.165, 1.54) is 0 Å². The molecule has 1 aromatic carbocycles. The van der Waals surface area contributed by atoms with Gasteiger partial charge < -0.3 is 10.5 Å². The van der Waals surface area contributed by atoms with Crippen molar-refractivity contribution in [1.82, 2.24) is 0 Å². The van der Waals surface area contributed by atoms with Crippen molar-refractivity contribution in [2.75, 3.05) is 19.5 Å². The number of hydrogen-bond donors (Lipinski definition) is 1. The molecule has 4 nitrogen and oxygen atoms in total. The molecule has 1 aliphatic carbocycles. The Bertz CT molecular complexity index is 553. The van der Waals surface area contributed by atoms with E-state index in [2.05, 4.69) is 0 Å². The van der Waals surface area contributed by atoms with Gasteiger partial charge in [0.1, 0.15) is 0 Å². The molecule has 1 fully saturated rings. The van der Waals surface area contributed by atoms with Gasteiger partial charge in [0.15, 0.2) is 9.84 Å². The van der Waals surface area contributed by atoms with Crippen molar-refractivity contribution in [1.29, 1.82) is 0 Å². The summed E-state index contributed by atoms with van der Waals surface area (Å²) in [4.78, 5) is 0. The summed E-state index contributed by atoms with van der Waals surface area (Å²) in [6.07, 6.45) is 0. The molecule has 5 heteroatoms. The van der Waals surface area contributed by atoms with Gasteiger partial charge in [0.2, 0.25) is 0 Å². The summed E-state index contributed by atoms with van der Waals surface area (Å²) < 4.78 is 29.5. The van der Waals surface area contributed by atoms with E-state index in [0.717, 1.165) is 11.1 Å². The lowest BCUT2D eigenvalue weighted by Gasteiger charge is -2.10. The Morgan fingerprint density at radius 3 is 2.37 bits per heavy atom. The van der Waals surface area contributed by atoms with Crippen molar-refractivity contribution in [2.24, 2.45) is 5.73 Å². The van der Waals surface area contributed by atoms with Crippen LogP contribution < -0.4 is 5.73 Å². The number of methoxy groups -OCH3 is 1. The minimum Gasteiger partial charge on any atom is -0.383 e. The van der Waals surface area contributed by atoms with E-state index in [1.807, 2.05) is 31.2 Å². The van der Waals surface area contributed by atoms with Crippen LogP contribution in [0.3, 0.4) is 0 Å². The lowest BCUT2D eigenvalue weighted by molar-refractivity contribution is 0.171. The van der Waals surface area contributed by atoms with Gasteiger partial charge in [-0.2, -0.15) is 0 Å². The maximum absolute atomic E-state index is 12.2. The molecule has 3 atom stereocenters. The van der Waals surface area contributed by atoms with Crippen molar-refractivity contribution in [3.05, 3.63) is 35.4 Å². The molecule has 0 saturated heterocycles. The van der Waals surface area contributed by atoms with Gasteiger partial charge in [0, 0.05) is 18.8 Å². The van der Waals surface area contributed by atoms with Crippen LogP contribution in [0, 0.1) is 6.92 Å². The van der Waals surface area contributed by atoms with Crippen LogP contribution in [0.1, 0.15) is 24.0 Å². The number of benzene rings is 1. The average molecular weight is 283 g/mol. The van der Waals surface area contributed by atoms with Crippen LogP contribution >= 0.6 is 0 Å². The third kappa shape index (κ3) is 2.42. The van der Waals surface area contributed by atoms with E-state index in [4.69, 9.17) is 10.5 Å². The van der Waals surface area contributed by atoms with Crippen molar-refractivity contribution < 1.29 is 13.2 Å². The number of aryl methyl sites for hydroxylation is 1. The zero-order valence-corrected chi connectivity index (χ0v) is 12.4. The van der Waals surface area contributed by atoms with Crippen molar-refractivity contribution >= 4 is 9.84 Å². The predicted molar refractivity (Wildman–Crippen MR) is 76.0 cm³/mol. The Morgan fingerprint density at radius 1 is 1.32 bits per heavy atom. The van der Waals surface area contributed by atoms with E-state index >= 15 is 0 Å². The minimum atomic E-state index is -3.17. The topological polar surface area (TPSA) is 69.4 Å². The maximum Gasteiger partial charge on any atom is 0.155 e. The van der Waals surface area contributed by atoms with Crippen LogP contribution in [0.4, 0.5) is 0 Å². The van der Waals surface area contributed by atoms with Crippen LogP contribution in [0.2, 0.25) is 0 Å². The fourth-order valence-corrected chi connectivity index (χ4v) is 4.81. The first-order valence-electron chi connectivity index (χ1n) is 6.42. The Balaban J connectivity index is 2.36. The van der Waals surface area contributed by atoms with Gasteiger partial charge in [-0.25, -0.2) is 8.42 Å². The molecule has 19 heavy (non-hydrogen) atoms. The monoisotopic (exact) mass is 283 g/mol. The summed E-state index contributed by atoms with van der Waals surface area (Å²) in [5.74, 6) is -0.0547. The molecular formula is C14H21NO3S. The third-order valence-corrected chi connectivity index (χ3v) is 6.21. The Labute approximate surface area is 114 Å². The first-order valence-corrected chi connectivity index (χ1v) is 8.14. The molecule has 0 bridgehead atoms. The van der Waals surface area contributed by atoms with E-state index in [1.54, 1.807) is 14.0 Å². The van der Waals surface area contributed by atoms with Crippen LogP contribution in [-0.2, 0) is 14.6 Å². The van der Waals surface area contributed by atoms with Crippen molar-refractivity contribution in [3.63, 3.8) is 0 Å². The smallest absolute Gasteiger partial charge is 0.155 e. The minimum absolute atomic E-state index is 0.114. The summed E-state index contributed by atoms with van der Waals surface area (Å²) in [5, 5.41) is -0.535. The molecule has 0 aromatic heterocycles. The number of hydrogen-bond acceptors (Lipinski definition) is 4. The second-order valence-electron chi connectivity index (χ2n) is 5.31. The quantitative estimate of drug-likeness (QED) is 0.882. The zero-order valence-electron chi connectivity index (χ0n) is 11.6. The SMILES string of the molecule is CCS(=O)(=O)[C@H]1[C@@H](c2ccc(C)cc2)[C@@]1(N)COC. The normalized spacial score (nSPS) is 30.3. The standard InChI is InChI=1S/C14H21NO3S/c1-4-19(16,17)13-12(14(13,15)9-18-3)11-7-5-10(2)6-8-11/h5-8,12-13H,4,9,15H2,1-3H3/t12-,13+,14+/m1/s1. The van der Waals surface area contributed by atoms with Crippen LogP contribution in [0.5, 0.6) is 0 Å². The number of ether oxygens (including phenoxy) is 1. The molecule has 0 radical (unpaired) electrons. The Morgan fingerprint density at radius 2 is 1.89 bits per heavy atom. The molecule has 0 heterocycles. The van der Waals surface area contributed by atoms with Gasteiger partial charge in [0.25, 0.3) is 0 Å².